The van der Waals surface area contributed by atoms with E-state index in [2.05, 4.69) is 10.6 Å². The van der Waals surface area contributed by atoms with Crippen LogP contribution in [-0.2, 0) is 19.4 Å². The van der Waals surface area contributed by atoms with Gasteiger partial charge < -0.3 is 24.5 Å². The molecule has 0 fully saturated rings. The van der Waals surface area contributed by atoms with Crippen molar-refractivity contribution >= 4 is 21.7 Å². The van der Waals surface area contributed by atoms with Gasteiger partial charge in [-0.2, -0.15) is 0 Å². The molecule has 1 aromatic carbocycles. The van der Waals surface area contributed by atoms with E-state index < -0.39 is 26.9 Å². The molecule has 1 aromatic heterocycles. The summed E-state index contributed by atoms with van der Waals surface area (Å²) in [6.45, 7) is 3.10. The van der Waals surface area contributed by atoms with Gasteiger partial charge in [0, 0.05) is 18.7 Å². The summed E-state index contributed by atoms with van der Waals surface area (Å²) in [6, 6.07) is 7.08. The zero-order chi connectivity index (χ0) is 20.3. The molecule has 28 heavy (non-hydrogen) atoms. The van der Waals surface area contributed by atoms with Gasteiger partial charge in [0.05, 0.1) is 11.2 Å². The van der Waals surface area contributed by atoms with Crippen molar-refractivity contribution in [1.29, 1.82) is 0 Å². The van der Waals surface area contributed by atoms with Crippen LogP contribution in [-0.4, -0.2) is 39.6 Å². The molecular weight excluding hydrogens is 388 g/mol. The van der Waals surface area contributed by atoms with Crippen LogP contribution in [0.25, 0.3) is 0 Å². The molecule has 0 bridgehead atoms. The molecule has 3 rings (SSSR count). The Hall–Kier alpha value is -3.01. The van der Waals surface area contributed by atoms with Crippen LogP contribution in [0.2, 0.25) is 0 Å². The average Bonchev–Trinajstić information content (AvgIpc) is 3.32. The number of sulfone groups is 1. The topological polar surface area (TPSA) is 124 Å². The highest BCUT2D eigenvalue weighted by molar-refractivity contribution is 7.91. The minimum atomic E-state index is -3.97. The third kappa shape index (κ3) is 4.11. The fourth-order valence-corrected chi connectivity index (χ4v) is 4.25. The molecule has 10 heteroatoms. The lowest BCUT2D eigenvalue weighted by atomic mass is 10.3. The van der Waals surface area contributed by atoms with E-state index >= 15 is 0 Å². The molecule has 0 radical (unpaired) electrons. The third-order valence-electron chi connectivity index (χ3n) is 3.98. The highest BCUT2D eigenvalue weighted by Crippen LogP contribution is 2.37. The minimum absolute atomic E-state index is 0.0148. The van der Waals surface area contributed by atoms with Gasteiger partial charge >= 0.3 is 11.8 Å². The third-order valence-corrected chi connectivity index (χ3v) is 6.04. The zero-order valence-electron chi connectivity index (χ0n) is 15.3. The van der Waals surface area contributed by atoms with Crippen molar-refractivity contribution in [3.05, 3.63) is 42.4 Å². The maximum atomic E-state index is 13.2. The minimum Gasteiger partial charge on any atom is -0.468 e. The maximum Gasteiger partial charge on any atom is 0.309 e. The van der Waals surface area contributed by atoms with Crippen LogP contribution in [0, 0.1) is 0 Å². The second kappa shape index (κ2) is 7.93. The number of nitrogens with one attached hydrogen (secondary N) is 2. The first-order valence-electron chi connectivity index (χ1n) is 8.54. The Morgan fingerprint density at radius 1 is 1.11 bits per heavy atom. The van der Waals surface area contributed by atoms with E-state index in [1.54, 1.807) is 19.9 Å². The van der Waals surface area contributed by atoms with Gasteiger partial charge in [-0.1, -0.05) is 0 Å². The predicted octanol–water partition coefficient (Wildman–Crippen LogP) is 1.16. The first kappa shape index (κ1) is 19.7. The summed E-state index contributed by atoms with van der Waals surface area (Å²) in [5.41, 5.74) is 0. The Balaban J connectivity index is 1.84. The van der Waals surface area contributed by atoms with E-state index in [4.69, 9.17) is 13.9 Å². The number of furan rings is 1. The molecule has 2 heterocycles. The van der Waals surface area contributed by atoms with Crippen LogP contribution in [0.15, 0.2) is 45.9 Å². The SMILES string of the molecule is CC(C)NC(=O)C(=O)NC[C@H](c1ccco1)S(=O)(=O)c1ccc2c(c1)OCO2. The number of hydrogen-bond acceptors (Lipinski definition) is 7. The molecule has 0 unspecified atom stereocenters. The smallest absolute Gasteiger partial charge is 0.309 e. The molecular formula is C18H20N2O7S. The number of fused-ring (bicyclic) bond motifs is 1. The van der Waals surface area contributed by atoms with Gasteiger partial charge in [-0.3, -0.25) is 9.59 Å². The summed E-state index contributed by atoms with van der Waals surface area (Å²) in [5, 5.41) is 3.58. The molecule has 2 aromatic rings. The van der Waals surface area contributed by atoms with Crippen molar-refractivity contribution in [2.75, 3.05) is 13.3 Å². The van der Waals surface area contributed by atoms with Crippen LogP contribution < -0.4 is 20.1 Å². The monoisotopic (exact) mass is 408 g/mol. The Morgan fingerprint density at radius 2 is 1.86 bits per heavy atom. The van der Waals surface area contributed by atoms with E-state index in [1.165, 1.54) is 30.5 Å². The molecule has 2 N–H and O–H groups in total. The van der Waals surface area contributed by atoms with Crippen molar-refractivity contribution in [2.24, 2.45) is 0 Å². The van der Waals surface area contributed by atoms with E-state index in [1.807, 2.05) is 0 Å². The second-order valence-corrected chi connectivity index (χ2v) is 8.53. The Morgan fingerprint density at radius 3 is 2.54 bits per heavy atom. The summed E-state index contributed by atoms with van der Waals surface area (Å²) in [5.74, 6) is -0.853. The molecule has 1 aliphatic heterocycles. The van der Waals surface area contributed by atoms with Crippen molar-refractivity contribution in [2.45, 2.75) is 30.0 Å². The highest BCUT2D eigenvalue weighted by Gasteiger charge is 2.33. The number of benzene rings is 1. The summed E-state index contributed by atoms with van der Waals surface area (Å²) >= 11 is 0. The van der Waals surface area contributed by atoms with Crippen molar-refractivity contribution in [3.63, 3.8) is 0 Å². The molecule has 1 aliphatic rings. The van der Waals surface area contributed by atoms with Crippen LogP contribution in [0.4, 0.5) is 0 Å². The van der Waals surface area contributed by atoms with Crippen LogP contribution >= 0.6 is 0 Å². The predicted molar refractivity (Wildman–Crippen MR) is 97.5 cm³/mol. The van der Waals surface area contributed by atoms with Gasteiger partial charge in [0.15, 0.2) is 21.3 Å². The van der Waals surface area contributed by atoms with E-state index in [-0.39, 0.29) is 30.0 Å². The fraction of sp³-hybridized carbons (Fsp3) is 0.333. The number of carbonyl (C=O) groups is 2. The molecule has 9 nitrogen and oxygen atoms in total. The van der Waals surface area contributed by atoms with Crippen LogP contribution in [0.3, 0.4) is 0 Å². The molecule has 150 valence electrons. The fourth-order valence-electron chi connectivity index (χ4n) is 2.65. The first-order valence-corrected chi connectivity index (χ1v) is 10.1. The lowest BCUT2D eigenvalue weighted by molar-refractivity contribution is -0.139. The van der Waals surface area contributed by atoms with Crippen LogP contribution in [0.1, 0.15) is 24.9 Å². The van der Waals surface area contributed by atoms with Gasteiger partial charge in [0.2, 0.25) is 6.79 Å². The van der Waals surface area contributed by atoms with Gasteiger partial charge in [-0.15, -0.1) is 0 Å². The largest absolute Gasteiger partial charge is 0.468 e. The number of amides is 2. The summed E-state index contributed by atoms with van der Waals surface area (Å²) in [4.78, 5) is 23.7. The van der Waals surface area contributed by atoms with Gasteiger partial charge in [0.1, 0.15) is 11.0 Å². The van der Waals surface area contributed by atoms with Crippen molar-refractivity contribution < 1.29 is 31.9 Å². The second-order valence-electron chi connectivity index (χ2n) is 6.40. The first-order chi connectivity index (χ1) is 13.3. The normalized spacial score (nSPS) is 14.0. The summed E-state index contributed by atoms with van der Waals surface area (Å²) in [7, 11) is -3.97. The lowest BCUT2D eigenvalue weighted by Gasteiger charge is -2.17. The molecule has 0 saturated carbocycles. The zero-order valence-corrected chi connectivity index (χ0v) is 16.1. The maximum absolute atomic E-state index is 13.2. The Labute approximate surface area is 161 Å². The number of hydrogen-bond donors (Lipinski definition) is 2. The number of carbonyl (C=O) groups excluding carboxylic acids is 2. The number of ether oxygens (including phenoxy) is 2. The van der Waals surface area contributed by atoms with Crippen molar-refractivity contribution in [3.8, 4) is 11.5 Å². The van der Waals surface area contributed by atoms with Gasteiger partial charge in [-0.05, 0) is 38.1 Å². The molecule has 0 spiro atoms. The van der Waals surface area contributed by atoms with E-state index in [0.717, 1.165) is 0 Å². The lowest BCUT2D eigenvalue weighted by Crippen LogP contribution is -2.44. The molecule has 1 atom stereocenters. The standard InChI is InChI=1S/C18H20N2O7S/c1-11(2)20-18(22)17(21)19-9-16(14-4-3-7-25-14)28(23,24)12-5-6-13-15(8-12)27-10-26-13/h3-8,11,16H,9-10H2,1-2H3,(H,19,21)(H,20,22)/t16-/m1/s1. The van der Waals surface area contributed by atoms with Crippen molar-refractivity contribution in [1.82, 2.24) is 10.6 Å². The van der Waals surface area contributed by atoms with Gasteiger partial charge in [0.25, 0.3) is 0 Å². The molecule has 0 aliphatic carbocycles. The van der Waals surface area contributed by atoms with Gasteiger partial charge in [-0.25, -0.2) is 8.42 Å². The van der Waals surface area contributed by atoms with E-state index in [0.29, 0.717) is 11.5 Å². The van der Waals surface area contributed by atoms with E-state index in [9.17, 15) is 18.0 Å². The summed E-state index contributed by atoms with van der Waals surface area (Å²) < 4.78 is 42.1. The summed E-state index contributed by atoms with van der Waals surface area (Å²) in [6.07, 6.45) is 1.34. The highest BCUT2D eigenvalue weighted by atomic mass is 32.2. The number of rotatable bonds is 6. The Kier molecular flexibility index (Phi) is 5.59. The Bertz CT molecular complexity index is 968. The average molecular weight is 408 g/mol. The molecule has 0 saturated heterocycles. The molecule has 2 amide bonds. The quantitative estimate of drug-likeness (QED) is 0.688. The van der Waals surface area contributed by atoms with Crippen LogP contribution in [0.5, 0.6) is 11.5 Å².